The molecule has 0 saturated carbocycles. The SMILES string of the molecule is CNC(C)(C#N)CCCCN1CCCC(C(C)(C)C)CC1. The Balaban J connectivity index is 2.27. The summed E-state index contributed by atoms with van der Waals surface area (Å²) in [5.41, 5.74) is 0.105. The van der Waals surface area contributed by atoms with Gasteiger partial charge in [0.1, 0.15) is 5.54 Å². The van der Waals surface area contributed by atoms with Crippen molar-refractivity contribution in [3.63, 3.8) is 0 Å². The Morgan fingerprint density at radius 1 is 1.14 bits per heavy atom. The van der Waals surface area contributed by atoms with Crippen LogP contribution in [0.1, 0.15) is 66.2 Å². The van der Waals surface area contributed by atoms with Crippen molar-refractivity contribution in [2.75, 3.05) is 26.7 Å². The van der Waals surface area contributed by atoms with Gasteiger partial charge in [0.15, 0.2) is 0 Å². The summed E-state index contributed by atoms with van der Waals surface area (Å²) in [6.45, 7) is 12.8. The summed E-state index contributed by atoms with van der Waals surface area (Å²) in [5, 5.41) is 12.3. The number of rotatable bonds is 6. The van der Waals surface area contributed by atoms with Crippen molar-refractivity contribution in [1.82, 2.24) is 10.2 Å². The predicted octanol–water partition coefficient (Wildman–Crippen LogP) is 3.81. The van der Waals surface area contributed by atoms with Crippen molar-refractivity contribution in [3.8, 4) is 6.07 Å². The number of hydrogen-bond donors (Lipinski definition) is 1. The molecule has 1 saturated heterocycles. The van der Waals surface area contributed by atoms with Gasteiger partial charge in [-0.3, -0.25) is 0 Å². The highest BCUT2D eigenvalue weighted by Gasteiger charge is 2.27. The van der Waals surface area contributed by atoms with Gasteiger partial charge in [0.25, 0.3) is 0 Å². The Labute approximate surface area is 132 Å². The minimum absolute atomic E-state index is 0.351. The van der Waals surface area contributed by atoms with E-state index in [1.54, 1.807) is 0 Å². The van der Waals surface area contributed by atoms with Gasteiger partial charge in [0.2, 0.25) is 0 Å². The van der Waals surface area contributed by atoms with E-state index < -0.39 is 0 Å². The monoisotopic (exact) mass is 293 g/mol. The molecule has 0 bridgehead atoms. The molecule has 3 nitrogen and oxygen atoms in total. The van der Waals surface area contributed by atoms with Gasteiger partial charge in [0.05, 0.1) is 6.07 Å². The van der Waals surface area contributed by atoms with Gasteiger partial charge >= 0.3 is 0 Å². The van der Waals surface area contributed by atoms with Crippen LogP contribution in [0.4, 0.5) is 0 Å². The maximum atomic E-state index is 9.15. The van der Waals surface area contributed by atoms with Gasteiger partial charge in [-0.15, -0.1) is 0 Å². The van der Waals surface area contributed by atoms with Crippen LogP contribution in [0.5, 0.6) is 0 Å². The predicted molar refractivity (Wildman–Crippen MR) is 90.2 cm³/mol. The largest absolute Gasteiger partial charge is 0.303 e. The molecule has 122 valence electrons. The third-order valence-electron chi connectivity index (χ3n) is 5.25. The minimum atomic E-state index is -0.351. The first-order valence-corrected chi connectivity index (χ1v) is 8.63. The topological polar surface area (TPSA) is 39.1 Å². The number of nitrogens with one attached hydrogen (secondary N) is 1. The van der Waals surface area contributed by atoms with E-state index in [-0.39, 0.29) is 5.54 Å². The lowest BCUT2D eigenvalue weighted by molar-refractivity contribution is 0.207. The molecule has 1 N–H and O–H groups in total. The van der Waals surface area contributed by atoms with Gasteiger partial charge in [0, 0.05) is 0 Å². The quantitative estimate of drug-likeness (QED) is 0.757. The molecule has 0 spiro atoms. The van der Waals surface area contributed by atoms with Crippen LogP contribution in [0.25, 0.3) is 0 Å². The Morgan fingerprint density at radius 3 is 2.43 bits per heavy atom. The zero-order valence-electron chi connectivity index (χ0n) is 14.8. The molecular formula is C18H35N3. The summed E-state index contributed by atoms with van der Waals surface area (Å²) < 4.78 is 0. The van der Waals surface area contributed by atoms with E-state index in [4.69, 9.17) is 5.26 Å². The van der Waals surface area contributed by atoms with Crippen molar-refractivity contribution >= 4 is 0 Å². The normalized spacial score (nSPS) is 24.1. The van der Waals surface area contributed by atoms with E-state index in [1.807, 2.05) is 14.0 Å². The summed E-state index contributed by atoms with van der Waals surface area (Å²) in [7, 11) is 1.88. The van der Waals surface area contributed by atoms with Crippen LogP contribution in [-0.2, 0) is 0 Å². The molecule has 1 heterocycles. The van der Waals surface area contributed by atoms with Crippen LogP contribution in [0, 0.1) is 22.7 Å². The van der Waals surface area contributed by atoms with Gasteiger partial charge in [-0.25, -0.2) is 0 Å². The second kappa shape index (κ2) is 8.15. The van der Waals surface area contributed by atoms with E-state index in [2.05, 4.69) is 37.1 Å². The number of nitrogens with zero attached hydrogens (tertiary/aromatic N) is 2. The van der Waals surface area contributed by atoms with Crippen molar-refractivity contribution in [2.45, 2.75) is 71.8 Å². The summed E-state index contributed by atoms with van der Waals surface area (Å²) in [6, 6.07) is 2.37. The molecule has 0 aromatic carbocycles. The first-order valence-electron chi connectivity index (χ1n) is 8.63. The maximum absolute atomic E-state index is 9.15. The number of nitriles is 1. The fraction of sp³-hybridized carbons (Fsp3) is 0.944. The maximum Gasteiger partial charge on any atom is 0.103 e. The molecule has 0 aromatic heterocycles. The summed E-state index contributed by atoms with van der Waals surface area (Å²) in [4.78, 5) is 2.63. The molecule has 0 radical (unpaired) electrons. The lowest BCUT2D eigenvalue weighted by Gasteiger charge is -2.29. The van der Waals surface area contributed by atoms with E-state index in [0.717, 1.165) is 18.8 Å². The summed E-state index contributed by atoms with van der Waals surface area (Å²) in [6.07, 6.45) is 7.35. The highest BCUT2D eigenvalue weighted by atomic mass is 15.1. The van der Waals surface area contributed by atoms with Crippen LogP contribution < -0.4 is 5.32 Å². The molecule has 21 heavy (non-hydrogen) atoms. The second-order valence-electron chi connectivity index (χ2n) is 7.99. The van der Waals surface area contributed by atoms with Gasteiger partial charge < -0.3 is 10.2 Å². The average molecular weight is 293 g/mol. The molecule has 0 aromatic rings. The smallest absolute Gasteiger partial charge is 0.103 e. The molecule has 1 rings (SSSR count). The Hall–Kier alpha value is -0.590. The summed E-state index contributed by atoms with van der Waals surface area (Å²) in [5.74, 6) is 0.869. The fourth-order valence-electron chi connectivity index (χ4n) is 3.30. The fourth-order valence-corrected chi connectivity index (χ4v) is 3.30. The first-order chi connectivity index (χ1) is 9.80. The third-order valence-corrected chi connectivity index (χ3v) is 5.25. The molecule has 1 aliphatic heterocycles. The van der Waals surface area contributed by atoms with Crippen molar-refractivity contribution in [1.29, 1.82) is 5.26 Å². The van der Waals surface area contributed by atoms with E-state index in [0.29, 0.717) is 5.41 Å². The molecule has 3 heteroatoms. The number of hydrogen-bond acceptors (Lipinski definition) is 3. The Morgan fingerprint density at radius 2 is 1.86 bits per heavy atom. The molecule has 0 amide bonds. The molecular weight excluding hydrogens is 258 g/mol. The van der Waals surface area contributed by atoms with Crippen molar-refractivity contribution in [3.05, 3.63) is 0 Å². The highest BCUT2D eigenvalue weighted by molar-refractivity contribution is 5.02. The highest BCUT2D eigenvalue weighted by Crippen LogP contribution is 2.34. The van der Waals surface area contributed by atoms with Crippen LogP contribution >= 0.6 is 0 Å². The molecule has 1 aliphatic rings. The van der Waals surface area contributed by atoms with Crippen LogP contribution in [0.2, 0.25) is 0 Å². The summed E-state index contributed by atoms with van der Waals surface area (Å²) >= 11 is 0. The standard InChI is InChI=1S/C18H35N3/c1-17(2,3)16-9-8-13-21(14-10-16)12-7-6-11-18(4,15-19)20-5/h16,20H,6-14H2,1-5H3. The van der Waals surface area contributed by atoms with Gasteiger partial charge in [-0.1, -0.05) is 20.8 Å². The molecule has 1 fully saturated rings. The number of unbranched alkanes of at least 4 members (excludes halogenated alkanes) is 1. The van der Waals surface area contributed by atoms with Crippen LogP contribution in [-0.4, -0.2) is 37.1 Å². The van der Waals surface area contributed by atoms with Gasteiger partial charge in [-0.2, -0.15) is 5.26 Å². The van der Waals surface area contributed by atoms with Crippen molar-refractivity contribution in [2.24, 2.45) is 11.3 Å². The van der Waals surface area contributed by atoms with E-state index in [9.17, 15) is 0 Å². The minimum Gasteiger partial charge on any atom is -0.303 e. The zero-order chi connectivity index (χ0) is 15.9. The van der Waals surface area contributed by atoms with Gasteiger partial charge in [-0.05, 0) is 83.5 Å². The van der Waals surface area contributed by atoms with E-state index >= 15 is 0 Å². The third kappa shape index (κ3) is 6.36. The second-order valence-corrected chi connectivity index (χ2v) is 7.99. The van der Waals surface area contributed by atoms with Crippen LogP contribution in [0.15, 0.2) is 0 Å². The first kappa shape index (κ1) is 18.5. The Kier molecular flexibility index (Phi) is 7.16. The lowest BCUT2D eigenvalue weighted by Crippen LogP contribution is -2.38. The molecule has 2 atom stereocenters. The zero-order valence-corrected chi connectivity index (χ0v) is 14.8. The van der Waals surface area contributed by atoms with Crippen LogP contribution in [0.3, 0.4) is 0 Å². The van der Waals surface area contributed by atoms with Crippen molar-refractivity contribution < 1.29 is 0 Å². The van der Waals surface area contributed by atoms with E-state index in [1.165, 1.54) is 45.3 Å². The lowest BCUT2D eigenvalue weighted by atomic mass is 9.77. The number of likely N-dealkylation sites (tertiary alicyclic amines) is 1. The Bertz CT molecular complexity index is 339. The molecule has 2 unspecified atom stereocenters. The molecule has 0 aliphatic carbocycles. The average Bonchev–Trinajstić information content (AvgIpc) is 2.68.